The van der Waals surface area contributed by atoms with Crippen LogP contribution in [0.5, 0.6) is 0 Å². The minimum absolute atomic E-state index is 0.0642. The third kappa shape index (κ3) is 2.72. The fourth-order valence-corrected chi connectivity index (χ4v) is 0.614. The van der Waals surface area contributed by atoms with E-state index in [1.54, 1.807) is 0 Å². The van der Waals surface area contributed by atoms with Gasteiger partial charge in [0.25, 0.3) is 0 Å². The third-order valence-corrected chi connectivity index (χ3v) is 1.50. The van der Waals surface area contributed by atoms with Crippen molar-refractivity contribution in [1.82, 2.24) is 0 Å². The second-order valence-corrected chi connectivity index (χ2v) is 2.29. The van der Waals surface area contributed by atoms with Gasteiger partial charge in [0, 0.05) is 5.88 Å². The predicted octanol–water partition coefficient (Wildman–Crippen LogP) is 0.186. The van der Waals surface area contributed by atoms with Gasteiger partial charge in [-0.1, -0.05) is 0 Å². The molecule has 8 heavy (non-hydrogen) atoms. The van der Waals surface area contributed by atoms with E-state index in [2.05, 4.69) is 0 Å². The minimum atomic E-state index is -0.802. The van der Waals surface area contributed by atoms with Crippen molar-refractivity contribution in [2.75, 3.05) is 12.5 Å². The highest BCUT2D eigenvalue weighted by atomic mass is 35.5. The Hall–Kier alpha value is 0.500. The normalized spacial score (nSPS) is 18.0. The number of hydrogen-bond donors (Lipinski definition) is 2. The van der Waals surface area contributed by atoms with Crippen molar-refractivity contribution in [2.45, 2.75) is 11.5 Å². The maximum Gasteiger partial charge on any atom is 0.0861 e. The summed E-state index contributed by atoms with van der Waals surface area (Å²) in [4.78, 5) is 0. The molecule has 2 unspecified atom stereocenters. The predicted molar refractivity (Wildman–Crippen MR) is 33.5 cm³/mol. The van der Waals surface area contributed by atoms with Crippen molar-refractivity contribution in [3.8, 4) is 0 Å². The fraction of sp³-hybridized carbons (Fsp3) is 1.00. The van der Waals surface area contributed by atoms with Crippen LogP contribution in [0, 0.1) is 0 Å². The van der Waals surface area contributed by atoms with Gasteiger partial charge in [0.15, 0.2) is 0 Å². The molecule has 0 radical (unpaired) electrons. The Morgan fingerprint density at radius 3 is 2.12 bits per heavy atom. The number of aliphatic hydroxyl groups is 2. The van der Waals surface area contributed by atoms with Crippen LogP contribution in [-0.2, 0) is 0 Å². The van der Waals surface area contributed by atoms with Crippen LogP contribution in [0.1, 0.15) is 0 Å². The molecular formula is C4H8Cl2O2. The summed E-state index contributed by atoms with van der Waals surface area (Å²) < 4.78 is 0. The third-order valence-electron chi connectivity index (χ3n) is 0.750. The quantitative estimate of drug-likeness (QED) is 0.577. The van der Waals surface area contributed by atoms with Gasteiger partial charge in [0.05, 0.1) is 18.1 Å². The first-order valence-electron chi connectivity index (χ1n) is 2.21. The molecule has 0 saturated heterocycles. The maximum atomic E-state index is 8.70. The molecule has 2 nitrogen and oxygen atoms in total. The smallest absolute Gasteiger partial charge is 0.0861 e. The van der Waals surface area contributed by atoms with Crippen LogP contribution in [0.25, 0.3) is 0 Å². The zero-order valence-corrected chi connectivity index (χ0v) is 5.73. The van der Waals surface area contributed by atoms with Gasteiger partial charge in [-0.3, -0.25) is 0 Å². The average Bonchev–Trinajstić information content (AvgIpc) is 1.84. The van der Waals surface area contributed by atoms with Crippen molar-refractivity contribution in [3.05, 3.63) is 0 Å². The van der Waals surface area contributed by atoms with Gasteiger partial charge >= 0.3 is 0 Å². The lowest BCUT2D eigenvalue weighted by atomic mass is 10.3. The standard InChI is InChI=1S/C4H8Cl2O2/c5-1-4(8)3(6)2-7/h3-4,7-8H,1-2H2. The largest absolute Gasteiger partial charge is 0.395 e. The van der Waals surface area contributed by atoms with E-state index in [4.69, 9.17) is 33.4 Å². The van der Waals surface area contributed by atoms with Crippen molar-refractivity contribution < 1.29 is 10.2 Å². The summed E-state index contributed by atoms with van der Waals surface area (Å²) in [6.07, 6.45) is -0.802. The van der Waals surface area contributed by atoms with E-state index in [-0.39, 0.29) is 12.5 Å². The molecular weight excluding hydrogens is 151 g/mol. The molecule has 0 heterocycles. The van der Waals surface area contributed by atoms with E-state index in [0.717, 1.165) is 0 Å². The zero-order chi connectivity index (χ0) is 6.57. The highest BCUT2D eigenvalue weighted by Crippen LogP contribution is 2.02. The molecule has 0 bridgehead atoms. The first kappa shape index (κ1) is 8.50. The Morgan fingerprint density at radius 1 is 1.50 bits per heavy atom. The molecule has 0 aromatic heterocycles. The zero-order valence-electron chi connectivity index (χ0n) is 4.22. The Morgan fingerprint density at radius 2 is 2.00 bits per heavy atom. The van der Waals surface area contributed by atoms with Crippen molar-refractivity contribution in [1.29, 1.82) is 0 Å². The lowest BCUT2D eigenvalue weighted by molar-refractivity contribution is 0.156. The molecule has 50 valence electrons. The summed E-state index contributed by atoms with van der Waals surface area (Å²) in [5.41, 5.74) is 0. The van der Waals surface area contributed by atoms with Crippen molar-refractivity contribution in [3.63, 3.8) is 0 Å². The lowest BCUT2D eigenvalue weighted by Crippen LogP contribution is -2.25. The van der Waals surface area contributed by atoms with Gasteiger partial charge in [-0.15, -0.1) is 23.2 Å². The van der Waals surface area contributed by atoms with Crippen molar-refractivity contribution >= 4 is 23.2 Å². The van der Waals surface area contributed by atoms with Crippen LogP contribution in [0.2, 0.25) is 0 Å². The summed E-state index contributed by atoms with van der Waals surface area (Å²) in [5.74, 6) is 0.0642. The second kappa shape index (κ2) is 4.39. The van der Waals surface area contributed by atoms with E-state index in [0.29, 0.717) is 0 Å². The van der Waals surface area contributed by atoms with Crippen LogP contribution >= 0.6 is 23.2 Å². The van der Waals surface area contributed by atoms with Crippen LogP contribution in [0.3, 0.4) is 0 Å². The van der Waals surface area contributed by atoms with Crippen LogP contribution in [0.4, 0.5) is 0 Å². The molecule has 0 aliphatic rings. The summed E-state index contributed by atoms with van der Waals surface area (Å²) in [6, 6.07) is 0. The average molecular weight is 159 g/mol. The van der Waals surface area contributed by atoms with Gasteiger partial charge < -0.3 is 10.2 Å². The van der Waals surface area contributed by atoms with Gasteiger partial charge in [0.2, 0.25) is 0 Å². The van der Waals surface area contributed by atoms with Gasteiger partial charge in [-0.25, -0.2) is 0 Å². The number of alkyl halides is 2. The number of rotatable bonds is 3. The van der Waals surface area contributed by atoms with Gasteiger partial charge in [0.1, 0.15) is 0 Å². The van der Waals surface area contributed by atoms with E-state index < -0.39 is 11.5 Å². The summed E-state index contributed by atoms with van der Waals surface area (Å²) >= 11 is 10.5. The monoisotopic (exact) mass is 158 g/mol. The Bertz CT molecular complexity index is 52.0. The topological polar surface area (TPSA) is 40.5 Å². The molecule has 0 saturated carbocycles. The number of halogens is 2. The molecule has 2 N–H and O–H groups in total. The first-order chi connectivity index (χ1) is 3.72. The van der Waals surface area contributed by atoms with Gasteiger partial charge in [-0.05, 0) is 0 Å². The molecule has 0 spiro atoms. The number of hydrogen-bond acceptors (Lipinski definition) is 2. The summed E-state index contributed by atoms with van der Waals surface area (Å²) in [5, 5.41) is 16.4. The van der Waals surface area contributed by atoms with E-state index in [9.17, 15) is 0 Å². The Kier molecular flexibility index (Phi) is 4.66. The van der Waals surface area contributed by atoms with Crippen molar-refractivity contribution in [2.24, 2.45) is 0 Å². The Labute approximate surface area is 58.0 Å². The highest BCUT2D eigenvalue weighted by molar-refractivity contribution is 6.23. The van der Waals surface area contributed by atoms with Gasteiger partial charge in [-0.2, -0.15) is 0 Å². The molecule has 2 atom stereocenters. The fourth-order valence-electron chi connectivity index (χ4n) is 0.218. The lowest BCUT2D eigenvalue weighted by Gasteiger charge is -2.09. The van der Waals surface area contributed by atoms with E-state index in [1.807, 2.05) is 0 Å². The molecule has 0 amide bonds. The summed E-state index contributed by atoms with van der Waals surface area (Å²) in [7, 11) is 0. The van der Waals surface area contributed by atoms with Crippen LogP contribution in [-0.4, -0.2) is 34.2 Å². The van der Waals surface area contributed by atoms with E-state index in [1.165, 1.54) is 0 Å². The molecule has 0 rings (SSSR count). The minimum Gasteiger partial charge on any atom is -0.395 e. The molecule has 0 aliphatic heterocycles. The highest BCUT2D eigenvalue weighted by Gasteiger charge is 2.12. The maximum absolute atomic E-state index is 8.70. The van der Waals surface area contributed by atoms with E-state index >= 15 is 0 Å². The molecule has 4 heteroatoms. The Balaban J connectivity index is 3.29. The van der Waals surface area contributed by atoms with Crippen LogP contribution in [0.15, 0.2) is 0 Å². The molecule has 0 aromatic carbocycles. The molecule has 0 aromatic rings. The molecule has 0 fully saturated rings. The van der Waals surface area contributed by atoms with Crippen LogP contribution < -0.4 is 0 Å². The second-order valence-electron chi connectivity index (χ2n) is 1.42. The molecule has 0 aliphatic carbocycles. The number of aliphatic hydroxyl groups excluding tert-OH is 2. The summed E-state index contributed by atoms with van der Waals surface area (Å²) in [6.45, 7) is -0.241. The SMILES string of the molecule is OCC(Cl)C(O)CCl. The first-order valence-corrected chi connectivity index (χ1v) is 3.18.